The maximum atomic E-state index is 13.3. The minimum Gasteiger partial charge on any atom is -0.497 e. The van der Waals surface area contributed by atoms with Crippen molar-refractivity contribution in [1.82, 2.24) is 15.3 Å². The first-order valence-electron chi connectivity index (χ1n) is 10.9. The number of carbonyl (C=O) groups is 2. The van der Waals surface area contributed by atoms with Gasteiger partial charge < -0.3 is 19.5 Å². The largest absolute Gasteiger partial charge is 0.497 e. The monoisotopic (exact) mass is 473 g/mol. The molecule has 1 aromatic carbocycles. The van der Waals surface area contributed by atoms with Crippen molar-refractivity contribution in [2.24, 2.45) is 0 Å². The molecule has 0 atom stereocenters. The van der Waals surface area contributed by atoms with E-state index in [2.05, 4.69) is 15.3 Å². The number of nitrogens with zero attached hydrogens (tertiary/aromatic N) is 4. The van der Waals surface area contributed by atoms with Gasteiger partial charge >= 0.3 is 12.2 Å². The molecule has 1 heterocycles. The number of hydrogen-bond donors (Lipinski definition) is 1. The average Bonchev–Trinajstić information content (AvgIpc) is 2.71. The van der Waals surface area contributed by atoms with E-state index in [9.17, 15) is 9.59 Å². The molecule has 2 amide bonds. The zero-order valence-corrected chi connectivity index (χ0v) is 21.4. The highest BCUT2D eigenvalue weighted by atomic mass is 16.6. The quantitative estimate of drug-likeness (QED) is 0.646. The third kappa shape index (κ3) is 7.58. The Kier molecular flexibility index (Phi) is 8.44. The van der Waals surface area contributed by atoms with Crippen molar-refractivity contribution in [3.05, 3.63) is 36.0 Å². The number of rotatable bonds is 6. The van der Waals surface area contributed by atoms with E-state index in [0.717, 1.165) is 0 Å². The summed E-state index contributed by atoms with van der Waals surface area (Å²) in [6, 6.07) is 8.62. The maximum absolute atomic E-state index is 13.3. The highest BCUT2D eigenvalue weighted by Gasteiger charge is 2.29. The van der Waals surface area contributed by atoms with Gasteiger partial charge in [0.1, 0.15) is 22.8 Å². The van der Waals surface area contributed by atoms with Crippen molar-refractivity contribution in [2.75, 3.05) is 31.0 Å². The van der Waals surface area contributed by atoms with E-state index < -0.39 is 23.4 Å². The minimum atomic E-state index is -0.745. The standard InChI is InChI=1S/C24H35N5O5/c1-23(2,3)33-21(30)28(8)20-26-16(15-25-7)13-19(27-20)29(22(31)34-24(4,5)6)17-11-10-12-18(14-17)32-9/h10-14,25H,15H2,1-9H3. The van der Waals surface area contributed by atoms with Crippen LogP contribution in [0, 0.1) is 0 Å². The third-order valence-corrected chi connectivity index (χ3v) is 4.20. The molecule has 1 aromatic heterocycles. The van der Waals surface area contributed by atoms with Crippen molar-refractivity contribution in [3.8, 4) is 5.75 Å². The summed E-state index contributed by atoms with van der Waals surface area (Å²) in [5.41, 5.74) is -0.395. The normalized spacial score (nSPS) is 11.6. The Labute approximate surface area is 201 Å². The van der Waals surface area contributed by atoms with Gasteiger partial charge in [-0.3, -0.25) is 0 Å². The lowest BCUT2D eigenvalue weighted by atomic mass is 10.2. The number of carbonyl (C=O) groups excluding carboxylic acids is 2. The van der Waals surface area contributed by atoms with Crippen LogP contribution in [0.5, 0.6) is 5.75 Å². The molecule has 0 aliphatic carbocycles. The molecule has 0 saturated heterocycles. The van der Waals surface area contributed by atoms with Crippen LogP contribution < -0.4 is 19.9 Å². The Bertz CT molecular complexity index is 1010. The van der Waals surface area contributed by atoms with E-state index in [1.165, 1.54) is 16.8 Å². The van der Waals surface area contributed by atoms with Gasteiger partial charge in [0, 0.05) is 25.7 Å². The topological polar surface area (TPSA) is 106 Å². The van der Waals surface area contributed by atoms with Crippen molar-refractivity contribution in [1.29, 1.82) is 0 Å². The molecule has 1 N–H and O–H groups in total. The first kappa shape index (κ1) is 26.8. The summed E-state index contributed by atoms with van der Waals surface area (Å²) in [7, 11) is 4.83. The van der Waals surface area contributed by atoms with Crippen LogP contribution >= 0.6 is 0 Å². The van der Waals surface area contributed by atoms with E-state index in [1.54, 1.807) is 86.0 Å². The van der Waals surface area contributed by atoms with Gasteiger partial charge in [-0.05, 0) is 60.7 Å². The van der Waals surface area contributed by atoms with Crippen LogP contribution in [-0.4, -0.2) is 54.6 Å². The molecule has 0 radical (unpaired) electrons. The smallest absolute Gasteiger partial charge is 0.420 e. The fourth-order valence-electron chi connectivity index (χ4n) is 2.81. The van der Waals surface area contributed by atoms with Crippen molar-refractivity contribution in [3.63, 3.8) is 0 Å². The summed E-state index contributed by atoms with van der Waals surface area (Å²) in [6.45, 7) is 11.0. The molecule has 0 unspecified atom stereocenters. The molecule has 34 heavy (non-hydrogen) atoms. The van der Waals surface area contributed by atoms with Crippen LogP contribution in [0.25, 0.3) is 0 Å². The van der Waals surface area contributed by atoms with Gasteiger partial charge in [-0.2, -0.15) is 4.98 Å². The predicted molar refractivity (Wildman–Crippen MR) is 131 cm³/mol. The number of anilines is 3. The molecule has 0 bridgehead atoms. The molecule has 2 aromatic rings. The van der Waals surface area contributed by atoms with Gasteiger partial charge in [0.25, 0.3) is 0 Å². The highest BCUT2D eigenvalue weighted by Crippen LogP contribution is 2.31. The molecule has 186 valence electrons. The molecular formula is C24H35N5O5. The number of aromatic nitrogens is 2. The van der Waals surface area contributed by atoms with E-state index in [0.29, 0.717) is 23.7 Å². The second kappa shape index (κ2) is 10.7. The Morgan fingerprint density at radius 3 is 2.15 bits per heavy atom. The van der Waals surface area contributed by atoms with E-state index in [1.807, 2.05) is 0 Å². The van der Waals surface area contributed by atoms with Gasteiger partial charge in [-0.15, -0.1) is 0 Å². The van der Waals surface area contributed by atoms with Gasteiger partial charge in [0.05, 0.1) is 18.5 Å². The fraction of sp³-hybridized carbons (Fsp3) is 0.500. The zero-order valence-electron chi connectivity index (χ0n) is 21.4. The minimum absolute atomic E-state index is 0.0773. The lowest BCUT2D eigenvalue weighted by molar-refractivity contribution is 0.0583. The predicted octanol–water partition coefficient (Wildman–Crippen LogP) is 4.65. The number of nitrogens with one attached hydrogen (secondary N) is 1. The van der Waals surface area contributed by atoms with Crippen molar-refractivity contribution < 1.29 is 23.8 Å². The van der Waals surface area contributed by atoms with Crippen LogP contribution in [-0.2, 0) is 16.0 Å². The Morgan fingerprint density at radius 1 is 0.971 bits per heavy atom. The van der Waals surface area contributed by atoms with Gasteiger partial charge in [0.15, 0.2) is 0 Å². The van der Waals surface area contributed by atoms with Gasteiger partial charge in [-0.25, -0.2) is 24.4 Å². The lowest BCUT2D eigenvalue weighted by Crippen LogP contribution is -2.37. The number of methoxy groups -OCH3 is 1. The third-order valence-electron chi connectivity index (χ3n) is 4.20. The Balaban J connectivity index is 2.63. The molecule has 0 aliphatic rings. The summed E-state index contributed by atoms with van der Waals surface area (Å²) in [5, 5.41) is 3.03. The van der Waals surface area contributed by atoms with Crippen LogP contribution in [0.4, 0.5) is 27.0 Å². The van der Waals surface area contributed by atoms with Crippen LogP contribution in [0.15, 0.2) is 30.3 Å². The number of hydrogen-bond acceptors (Lipinski definition) is 8. The van der Waals surface area contributed by atoms with E-state index in [4.69, 9.17) is 14.2 Å². The summed E-state index contributed by atoms with van der Waals surface area (Å²) < 4.78 is 16.4. The second-order valence-electron chi connectivity index (χ2n) is 9.60. The van der Waals surface area contributed by atoms with Crippen LogP contribution in [0.3, 0.4) is 0 Å². The molecule has 0 aliphatic heterocycles. The zero-order chi connectivity index (χ0) is 25.7. The van der Waals surface area contributed by atoms with E-state index in [-0.39, 0.29) is 11.8 Å². The first-order valence-corrected chi connectivity index (χ1v) is 10.9. The molecule has 10 heteroatoms. The highest BCUT2D eigenvalue weighted by molar-refractivity contribution is 5.96. The Morgan fingerprint density at radius 2 is 1.59 bits per heavy atom. The molecule has 0 fully saturated rings. The summed E-state index contributed by atoms with van der Waals surface area (Å²) in [6.07, 6.45) is -1.26. The SMILES string of the molecule is CNCc1cc(N(C(=O)OC(C)(C)C)c2cccc(OC)c2)nc(N(C)C(=O)OC(C)(C)C)n1. The fourth-order valence-corrected chi connectivity index (χ4v) is 2.81. The summed E-state index contributed by atoms with van der Waals surface area (Å²) in [4.78, 5) is 37.5. The number of benzene rings is 1. The molecule has 2 rings (SSSR count). The molecular weight excluding hydrogens is 438 g/mol. The molecule has 10 nitrogen and oxygen atoms in total. The number of amides is 2. The van der Waals surface area contributed by atoms with Crippen molar-refractivity contribution >= 4 is 29.6 Å². The van der Waals surface area contributed by atoms with Gasteiger partial charge in [-0.1, -0.05) is 6.07 Å². The van der Waals surface area contributed by atoms with Gasteiger partial charge in [0.2, 0.25) is 5.95 Å². The first-order chi connectivity index (χ1) is 15.7. The molecule has 0 spiro atoms. The lowest BCUT2D eigenvalue weighted by Gasteiger charge is -2.28. The average molecular weight is 474 g/mol. The summed E-state index contributed by atoms with van der Waals surface area (Å²) in [5.74, 6) is 0.864. The second-order valence-corrected chi connectivity index (χ2v) is 9.60. The van der Waals surface area contributed by atoms with E-state index >= 15 is 0 Å². The number of ether oxygens (including phenoxy) is 3. The summed E-state index contributed by atoms with van der Waals surface area (Å²) >= 11 is 0. The maximum Gasteiger partial charge on any atom is 0.420 e. The molecule has 0 saturated carbocycles. The van der Waals surface area contributed by atoms with Crippen molar-refractivity contribution in [2.45, 2.75) is 59.3 Å². The van der Waals surface area contributed by atoms with Crippen LogP contribution in [0.2, 0.25) is 0 Å². The Hall–Kier alpha value is -3.40. The van der Waals surface area contributed by atoms with Crippen LogP contribution in [0.1, 0.15) is 47.2 Å².